The second kappa shape index (κ2) is 4.90. The topological polar surface area (TPSA) is 9.23 Å². The van der Waals surface area contributed by atoms with Gasteiger partial charge >= 0.3 is 0 Å². The molecule has 0 spiro atoms. The second-order valence-electron chi connectivity index (χ2n) is 3.40. The molecule has 0 aromatic heterocycles. The first-order chi connectivity index (χ1) is 7.83. The molecule has 2 aromatic rings. The lowest BCUT2D eigenvalue weighted by molar-refractivity contribution is 0.416. The van der Waals surface area contributed by atoms with Crippen molar-refractivity contribution in [3.8, 4) is 11.1 Å². The lowest BCUT2D eigenvalue weighted by Gasteiger charge is -2.09. The van der Waals surface area contributed by atoms with Crippen LogP contribution in [0.1, 0.15) is 5.56 Å². The normalized spacial score (nSPS) is 9.81. The van der Waals surface area contributed by atoms with E-state index in [-0.39, 0.29) is 0 Å². The van der Waals surface area contributed by atoms with Crippen molar-refractivity contribution in [2.45, 2.75) is 0 Å². The minimum atomic E-state index is 0.527. The Morgan fingerprint density at radius 2 is 1.56 bits per heavy atom. The van der Waals surface area contributed by atoms with Crippen LogP contribution in [0.2, 0.25) is 0 Å². The number of hydrogen-bond donors (Lipinski definition) is 0. The number of methoxy groups -OCH3 is 1. The molecule has 0 fully saturated rings. The molecule has 0 atom stereocenters. The first-order valence-electron chi connectivity index (χ1n) is 5.05. The van der Waals surface area contributed by atoms with Crippen molar-refractivity contribution in [2.24, 2.45) is 0 Å². The maximum absolute atomic E-state index is 5.19. The summed E-state index contributed by atoms with van der Waals surface area (Å²) in [6.45, 7) is 0. The maximum atomic E-state index is 5.19. The predicted molar refractivity (Wildman–Crippen MR) is 70.6 cm³/mol. The van der Waals surface area contributed by atoms with Gasteiger partial charge in [-0.05, 0) is 29.4 Å². The van der Waals surface area contributed by atoms with E-state index in [2.05, 4.69) is 18.2 Å². The first-order valence-corrected chi connectivity index (χ1v) is 5.46. The Labute approximate surface area is 101 Å². The fraction of sp³-hybridized carbons (Fsp3) is 0.0714. The summed E-state index contributed by atoms with van der Waals surface area (Å²) in [7, 11) is 1.60. The van der Waals surface area contributed by atoms with Crippen LogP contribution in [-0.2, 0) is 4.74 Å². The van der Waals surface area contributed by atoms with Gasteiger partial charge in [-0.2, -0.15) is 0 Å². The van der Waals surface area contributed by atoms with E-state index < -0.39 is 0 Å². The van der Waals surface area contributed by atoms with Crippen molar-refractivity contribution < 1.29 is 4.74 Å². The molecule has 0 heterocycles. The molecular weight excluding hydrogens is 216 g/mol. The smallest absolute Gasteiger partial charge is 0.191 e. The Balaban J connectivity index is 2.53. The summed E-state index contributed by atoms with van der Waals surface area (Å²) in [6, 6.07) is 18.2. The van der Waals surface area contributed by atoms with Gasteiger partial charge in [0.2, 0.25) is 0 Å². The van der Waals surface area contributed by atoms with Crippen molar-refractivity contribution in [2.75, 3.05) is 7.11 Å². The predicted octanol–water partition coefficient (Wildman–Crippen LogP) is 3.68. The maximum Gasteiger partial charge on any atom is 0.191 e. The average Bonchev–Trinajstić information content (AvgIpc) is 2.39. The molecule has 0 unspecified atom stereocenters. The lowest BCUT2D eigenvalue weighted by Crippen LogP contribution is -2.01. The number of benzene rings is 2. The summed E-state index contributed by atoms with van der Waals surface area (Å²) < 4.78 is 5.13. The van der Waals surface area contributed by atoms with Gasteiger partial charge in [0.25, 0.3) is 0 Å². The number of hydrogen-bond acceptors (Lipinski definition) is 2. The Morgan fingerprint density at radius 3 is 2.25 bits per heavy atom. The van der Waals surface area contributed by atoms with Gasteiger partial charge in [-0.25, -0.2) is 0 Å². The van der Waals surface area contributed by atoms with Gasteiger partial charge in [0.05, 0.1) is 7.11 Å². The van der Waals surface area contributed by atoms with Crippen LogP contribution in [0, 0.1) is 0 Å². The molecule has 1 nitrogen and oxygen atoms in total. The third-order valence-electron chi connectivity index (χ3n) is 2.42. The molecule has 16 heavy (non-hydrogen) atoms. The van der Waals surface area contributed by atoms with Crippen LogP contribution in [0.3, 0.4) is 0 Å². The molecule has 0 aliphatic heterocycles. The Morgan fingerprint density at radius 1 is 0.938 bits per heavy atom. The highest BCUT2D eigenvalue weighted by Gasteiger charge is 2.08. The summed E-state index contributed by atoms with van der Waals surface area (Å²) >= 11 is 5.19. The summed E-state index contributed by atoms with van der Waals surface area (Å²) in [4.78, 5) is 0. The molecule has 0 bridgehead atoms. The molecule has 0 amide bonds. The third-order valence-corrected chi connectivity index (χ3v) is 2.80. The molecular formula is C14H12OS. The number of ether oxygens (including phenoxy) is 1. The van der Waals surface area contributed by atoms with Gasteiger partial charge in [0.15, 0.2) is 5.05 Å². The summed E-state index contributed by atoms with van der Waals surface area (Å²) in [5.41, 5.74) is 3.22. The van der Waals surface area contributed by atoms with Crippen molar-refractivity contribution in [1.82, 2.24) is 0 Å². The highest BCUT2D eigenvalue weighted by Crippen LogP contribution is 2.24. The van der Waals surface area contributed by atoms with E-state index in [0.717, 1.165) is 16.7 Å². The van der Waals surface area contributed by atoms with E-state index in [1.54, 1.807) is 7.11 Å². The largest absolute Gasteiger partial charge is 0.486 e. The monoisotopic (exact) mass is 228 g/mol. The van der Waals surface area contributed by atoms with Gasteiger partial charge in [0.1, 0.15) is 0 Å². The first kappa shape index (κ1) is 10.8. The molecule has 0 radical (unpaired) electrons. The van der Waals surface area contributed by atoms with Crippen LogP contribution in [0.4, 0.5) is 0 Å². The van der Waals surface area contributed by atoms with E-state index in [1.807, 2.05) is 36.4 Å². The van der Waals surface area contributed by atoms with Gasteiger partial charge in [-0.1, -0.05) is 48.5 Å². The van der Waals surface area contributed by atoms with Crippen LogP contribution in [0.25, 0.3) is 11.1 Å². The van der Waals surface area contributed by atoms with Gasteiger partial charge in [-0.3, -0.25) is 0 Å². The summed E-state index contributed by atoms with van der Waals surface area (Å²) in [6.07, 6.45) is 0. The zero-order valence-corrected chi connectivity index (χ0v) is 9.83. The molecule has 80 valence electrons. The molecule has 0 aliphatic rings. The van der Waals surface area contributed by atoms with Crippen LogP contribution in [0.5, 0.6) is 0 Å². The van der Waals surface area contributed by atoms with Crippen molar-refractivity contribution in [1.29, 1.82) is 0 Å². The van der Waals surface area contributed by atoms with Crippen LogP contribution in [-0.4, -0.2) is 12.2 Å². The second-order valence-corrected chi connectivity index (χ2v) is 3.77. The molecule has 0 saturated carbocycles. The minimum Gasteiger partial charge on any atom is -0.486 e. The van der Waals surface area contributed by atoms with Crippen molar-refractivity contribution in [3.63, 3.8) is 0 Å². The number of thiocarbonyl (C=S) groups is 1. The van der Waals surface area contributed by atoms with E-state index in [0.29, 0.717) is 5.05 Å². The van der Waals surface area contributed by atoms with E-state index in [4.69, 9.17) is 17.0 Å². The van der Waals surface area contributed by atoms with Crippen LogP contribution in [0.15, 0.2) is 54.6 Å². The standard InChI is InChI=1S/C14H12OS/c1-15-14(16)13-10-6-5-9-12(13)11-7-3-2-4-8-11/h2-10H,1H3. The van der Waals surface area contributed by atoms with Crippen LogP contribution >= 0.6 is 12.2 Å². The van der Waals surface area contributed by atoms with Crippen molar-refractivity contribution in [3.05, 3.63) is 60.2 Å². The molecule has 2 heteroatoms. The fourth-order valence-corrected chi connectivity index (χ4v) is 1.82. The lowest BCUT2D eigenvalue weighted by atomic mass is 10.0. The Bertz CT molecular complexity index is 491. The molecule has 0 aliphatic carbocycles. The summed E-state index contributed by atoms with van der Waals surface area (Å²) in [5, 5.41) is 0.527. The zero-order chi connectivity index (χ0) is 11.4. The minimum absolute atomic E-state index is 0.527. The van der Waals surface area contributed by atoms with Gasteiger partial charge in [0, 0.05) is 5.56 Å². The number of rotatable bonds is 2. The molecule has 0 N–H and O–H groups in total. The third kappa shape index (κ3) is 2.12. The highest BCUT2D eigenvalue weighted by molar-refractivity contribution is 7.80. The Kier molecular flexibility index (Phi) is 3.32. The van der Waals surface area contributed by atoms with Gasteiger partial charge < -0.3 is 4.74 Å². The molecule has 2 aromatic carbocycles. The Hall–Kier alpha value is -1.67. The molecule has 0 saturated heterocycles. The zero-order valence-electron chi connectivity index (χ0n) is 9.01. The quantitative estimate of drug-likeness (QED) is 0.725. The van der Waals surface area contributed by atoms with Crippen LogP contribution < -0.4 is 0 Å². The highest BCUT2D eigenvalue weighted by atomic mass is 32.1. The van der Waals surface area contributed by atoms with Gasteiger partial charge in [-0.15, -0.1) is 0 Å². The molecule has 2 rings (SSSR count). The summed E-state index contributed by atoms with van der Waals surface area (Å²) in [5.74, 6) is 0. The van der Waals surface area contributed by atoms with E-state index in [9.17, 15) is 0 Å². The SMILES string of the molecule is COC(=S)c1ccccc1-c1ccccc1. The van der Waals surface area contributed by atoms with E-state index >= 15 is 0 Å². The fourth-order valence-electron chi connectivity index (χ4n) is 1.64. The van der Waals surface area contributed by atoms with Crippen molar-refractivity contribution >= 4 is 17.3 Å². The van der Waals surface area contributed by atoms with E-state index in [1.165, 1.54) is 0 Å². The average molecular weight is 228 g/mol.